The maximum absolute atomic E-state index is 9.88. The van der Waals surface area contributed by atoms with E-state index in [1.54, 1.807) is 24.5 Å². The van der Waals surface area contributed by atoms with Crippen LogP contribution in [0.25, 0.3) is 6.08 Å². The summed E-state index contributed by atoms with van der Waals surface area (Å²) in [5.41, 5.74) is 0.775. The Morgan fingerprint density at radius 1 is 1.45 bits per heavy atom. The van der Waals surface area contributed by atoms with Gasteiger partial charge in [-0.1, -0.05) is 0 Å². The van der Waals surface area contributed by atoms with E-state index >= 15 is 0 Å². The number of hydrogen-bond donors (Lipinski definition) is 0. The van der Waals surface area contributed by atoms with Gasteiger partial charge in [-0.15, -0.1) is 0 Å². The Bertz CT molecular complexity index is 269. The molecule has 0 aromatic carbocycles. The summed E-state index contributed by atoms with van der Waals surface area (Å²) in [7, 11) is 0. The highest BCUT2D eigenvalue weighted by molar-refractivity contribution is 5.46. The number of rotatable bonds is 2. The van der Waals surface area contributed by atoms with E-state index in [4.69, 9.17) is 0 Å². The van der Waals surface area contributed by atoms with Crippen molar-refractivity contribution in [2.45, 2.75) is 0 Å². The molecule has 0 radical (unpaired) electrons. The standard InChI is InChI=1S/C7H6N2O2/c10-9(11)6-3-7-1-4-8-5-2-7/h1-6H/b6-3+. The Balaban J connectivity index is 2.72. The zero-order valence-electron chi connectivity index (χ0n) is 5.68. The van der Waals surface area contributed by atoms with Crippen LogP contribution in [0.1, 0.15) is 5.56 Å². The van der Waals surface area contributed by atoms with Crippen molar-refractivity contribution < 1.29 is 4.92 Å². The highest BCUT2D eigenvalue weighted by atomic mass is 16.6. The lowest BCUT2D eigenvalue weighted by molar-refractivity contribution is -0.400. The van der Waals surface area contributed by atoms with Gasteiger partial charge in [-0.05, 0) is 17.7 Å². The number of pyridine rings is 1. The number of nitro groups is 1. The van der Waals surface area contributed by atoms with Crippen molar-refractivity contribution >= 4 is 6.08 Å². The third-order valence-electron chi connectivity index (χ3n) is 1.09. The summed E-state index contributed by atoms with van der Waals surface area (Å²) in [6.45, 7) is 0. The predicted octanol–water partition coefficient (Wildman–Crippen LogP) is 1.33. The van der Waals surface area contributed by atoms with Crippen LogP contribution < -0.4 is 0 Å². The zero-order valence-corrected chi connectivity index (χ0v) is 5.68. The predicted molar refractivity (Wildman–Crippen MR) is 40.3 cm³/mol. The van der Waals surface area contributed by atoms with Crippen LogP contribution >= 0.6 is 0 Å². The van der Waals surface area contributed by atoms with Crippen LogP contribution in [0.2, 0.25) is 0 Å². The van der Waals surface area contributed by atoms with Gasteiger partial charge < -0.3 is 0 Å². The summed E-state index contributed by atoms with van der Waals surface area (Å²) in [6.07, 6.45) is 5.48. The van der Waals surface area contributed by atoms with Gasteiger partial charge >= 0.3 is 0 Å². The second-order valence-corrected chi connectivity index (χ2v) is 1.88. The molecule has 1 aromatic rings. The van der Waals surface area contributed by atoms with Crippen LogP contribution in [0, 0.1) is 10.1 Å². The van der Waals surface area contributed by atoms with Crippen LogP contribution in [-0.2, 0) is 0 Å². The van der Waals surface area contributed by atoms with Gasteiger partial charge in [0.1, 0.15) is 0 Å². The summed E-state index contributed by atoms with van der Waals surface area (Å²) < 4.78 is 0. The lowest BCUT2D eigenvalue weighted by Gasteiger charge is -1.86. The van der Waals surface area contributed by atoms with Gasteiger partial charge in [-0.3, -0.25) is 15.1 Å². The number of aromatic nitrogens is 1. The molecule has 4 nitrogen and oxygen atoms in total. The minimum absolute atomic E-state index is 0.500. The lowest BCUT2D eigenvalue weighted by atomic mass is 10.3. The van der Waals surface area contributed by atoms with E-state index in [1.807, 2.05) is 0 Å². The molecule has 0 bridgehead atoms. The summed E-state index contributed by atoms with van der Waals surface area (Å²) >= 11 is 0. The average Bonchev–Trinajstić information content (AvgIpc) is 2.03. The summed E-state index contributed by atoms with van der Waals surface area (Å²) in [4.78, 5) is 13.1. The maximum atomic E-state index is 9.88. The Labute approximate surface area is 63.3 Å². The first-order chi connectivity index (χ1) is 5.29. The van der Waals surface area contributed by atoms with E-state index in [0.717, 1.165) is 11.8 Å². The van der Waals surface area contributed by atoms with Crippen molar-refractivity contribution in [2.24, 2.45) is 0 Å². The fourth-order valence-corrected chi connectivity index (χ4v) is 0.621. The molecule has 56 valence electrons. The maximum Gasteiger partial charge on any atom is 0.235 e. The van der Waals surface area contributed by atoms with E-state index in [2.05, 4.69) is 4.98 Å². The Morgan fingerprint density at radius 3 is 2.64 bits per heavy atom. The monoisotopic (exact) mass is 150 g/mol. The molecule has 0 unspecified atom stereocenters. The van der Waals surface area contributed by atoms with E-state index in [0.29, 0.717) is 0 Å². The molecule has 0 atom stereocenters. The van der Waals surface area contributed by atoms with E-state index in [-0.39, 0.29) is 0 Å². The quantitative estimate of drug-likeness (QED) is 0.472. The molecule has 0 N–H and O–H groups in total. The molecule has 1 rings (SSSR count). The van der Waals surface area contributed by atoms with Gasteiger partial charge in [-0.2, -0.15) is 0 Å². The minimum Gasteiger partial charge on any atom is -0.265 e. The molecule has 1 heterocycles. The van der Waals surface area contributed by atoms with Gasteiger partial charge in [0.05, 0.1) is 4.92 Å². The SMILES string of the molecule is O=[N+]([O-])/C=C/c1ccncc1. The molecule has 0 aliphatic carbocycles. The molecular formula is C7H6N2O2. The van der Waals surface area contributed by atoms with Crippen LogP contribution in [0.15, 0.2) is 30.7 Å². The first kappa shape index (κ1) is 7.40. The van der Waals surface area contributed by atoms with Crippen molar-refractivity contribution in [3.05, 3.63) is 46.4 Å². The van der Waals surface area contributed by atoms with Gasteiger partial charge in [0.15, 0.2) is 0 Å². The molecule has 4 heteroatoms. The smallest absolute Gasteiger partial charge is 0.235 e. The van der Waals surface area contributed by atoms with Gasteiger partial charge in [0.2, 0.25) is 6.20 Å². The largest absolute Gasteiger partial charge is 0.265 e. The second kappa shape index (κ2) is 3.46. The Kier molecular flexibility index (Phi) is 2.32. The molecular weight excluding hydrogens is 144 g/mol. The van der Waals surface area contributed by atoms with Crippen LogP contribution in [0.4, 0.5) is 0 Å². The molecule has 0 fully saturated rings. The molecule has 0 saturated carbocycles. The van der Waals surface area contributed by atoms with Gasteiger partial charge in [-0.25, -0.2) is 0 Å². The first-order valence-electron chi connectivity index (χ1n) is 3.01. The van der Waals surface area contributed by atoms with Crippen molar-refractivity contribution in [1.29, 1.82) is 0 Å². The topological polar surface area (TPSA) is 56.0 Å². The summed E-state index contributed by atoms with van der Waals surface area (Å²) in [5.74, 6) is 0. The fourth-order valence-electron chi connectivity index (χ4n) is 0.621. The van der Waals surface area contributed by atoms with E-state index < -0.39 is 4.92 Å². The number of hydrogen-bond acceptors (Lipinski definition) is 3. The van der Waals surface area contributed by atoms with E-state index in [1.165, 1.54) is 6.08 Å². The van der Waals surface area contributed by atoms with Crippen LogP contribution in [-0.4, -0.2) is 9.91 Å². The molecule has 1 aromatic heterocycles. The molecule has 11 heavy (non-hydrogen) atoms. The van der Waals surface area contributed by atoms with Crippen molar-refractivity contribution in [2.75, 3.05) is 0 Å². The summed E-state index contributed by atoms with van der Waals surface area (Å²) in [6, 6.07) is 3.39. The molecule has 0 aliphatic rings. The zero-order chi connectivity index (χ0) is 8.10. The third-order valence-corrected chi connectivity index (χ3v) is 1.09. The van der Waals surface area contributed by atoms with Crippen LogP contribution in [0.3, 0.4) is 0 Å². The third kappa shape index (κ3) is 2.57. The highest BCUT2D eigenvalue weighted by Gasteiger charge is 1.86. The number of nitrogens with zero attached hydrogens (tertiary/aromatic N) is 2. The molecule has 0 spiro atoms. The molecule has 0 aliphatic heterocycles. The Morgan fingerprint density at radius 2 is 2.09 bits per heavy atom. The normalized spacial score (nSPS) is 10.2. The van der Waals surface area contributed by atoms with Gasteiger partial charge in [0, 0.05) is 18.5 Å². The fraction of sp³-hybridized carbons (Fsp3) is 0. The second-order valence-electron chi connectivity index (χ2n) is 1.88. The molecule has 0 amide bonds. The average molecular weight is 150 g/mol. The van der Waals surface area contributed by atoms with Crippen molar-refractivity contribution in [3.63, 3.8) is 0 Å². The van der Waals surface area contributed by atoms with Gasteiger partial charge in [0.25, 0.3) is 0 Å². The highest BCUT2D eigenvalue weighted by Crippen LogP contribution is 1.98. The van der Waals surface area contributed by atoms with E-state index in [9.17, 15) is 10.1 Å². The van der Waals surface area contributed by atoms with Crippen molar-refractivity contribution in [1.82, 2.24) is 4.98 Å². The van der Waals surface area contributed by atoms with Crippen molar-refractivity contribution in [3.8, 4) is 0 Å². The summed E-state index contributed by atoms with van der Waals surface area (Å²) in [5, 5.41) is 9.88. The van der Waals surface area contributed by atoms with Crippen LogP contribution in [0.5, 0.6) is 0 Å². The first-order valence-corrected chi connectivity index (χ1v) is 3.01. The lowest BCUT2D eigenvalue weighted by Crippen LogP contribution is -1.82. The Hall–Kier alpha value is -1.71. The minimum atomic E-state index is -0.500. The molecule has 0 saturated heterocycles.